The van der Waals surface area contributed by atoms with Gasteiger partial charge in [-0.1, -0.05) is 0 Å². The molecule has 0 fully saturated rings. The van der Waals surface area contributed by atoms with Crippen molar-refractivity contribution in [3.63, 3.8) is 0 Å². The Balaban J connectivity index is 2.97. The summed E-state index contributed by atoms with van der Waals surface area (Å²) in [5.74, 6) is 0.457. The van der Waals surface area contributed by atoms with Gasteiger partial charge in [-0.25, -0.2) is 0 Å². The van der Waals surface area contributed by atoms with E-state index >= 15 is 0 Å². The molecule has 3 nitrogen and oxygen atoms in total. The molecule has 1 rings (SSSR count). The SMILES string of the molecule is COc1ccc(Br)c(C(=O)NC(C)(C)C(C)Cl)c1. The van der Waals surface area contributed by atoms with E-state index in [4.69, 9.17) is 16.3 Å². The molecule has 0 heterocycles. The Hall–Kier alpha value is -0.740. The number of carbonyl (C=O) groups is 1. The number of alkyl halides is 1. The first-order valence-electron chi connectivity index (χ1n) is 5.58. The number of halogens is 2. The molecule has 0 bridgehead atoms. The van der Waals surface area contributed by atoms with Crippen molar-refractivity contribution in [1.29, 1.82) is 0 Å². The summed E-state index contributed by atoms with van der Waals surface area (Å²) in [5.41, 5.74) is 0.0426. The van der Waals surface area contributed by atoms with Gasteiger partial charge in [0.25, 0.3) is 5.91 Å². The first-order valence-corrected chi connectivity index (χ1v) is 6.81. The molecule has 0 saturated carbocycles. The molecule has 0 aliphatic carbocycles. The van der Waals surface area contributed by atoms with Crippen molar-refractivity contribution in [2.24, 2.45) is 0 Å². The van der Waals surface area contributed by atoms with Crippen LogP contribution in [0.2, 0.25) is 0 Å². The minimum atomic E-state index is -0.485. The van der Waals surface area contributed by atoms with Crippen LogP contribution in [-0.4, -0.2) is 23.9 Å². The molecule has 1 N–H and O–H groups in total. The molecule has 18 heavy (non-hydrogen) atoms. The minimum absolute atomic E-state index is 0.175. The fourth-order valence-electron chi connectivity index (χ4n) is 1.26. The van der Waals surface area contributed by atoms with Gasteiger partial charge in [-0.15, -0.1) is 11.6 Å². The highest BCUT2D eigenvalue weighted by atomic mass is 79.9. The number of ether oxygens (including phenoxy) is 1. The highest BCUT2D eigenvalue weighted by Gasteiger charge is 2.27. The summed E-state index contributed by atoms with van der Waals surface area (Å²) in [6.07, 6.45) is 0. The molecular formula is C13H17BrClNO2. The largest absolute Gasteiger partial charge is 0.497 e. The standard InChI is InChI=1S/C13H17BrClNO2/c1-8(15)13(2,3)16-12(17)10-7-9(18-4)5-6-11(10)14/h5-8H,1-4H3,(H,16,17). The third-order valence-electron chi connectivity index (χ3n) is 2.85. The Bertz CT molecular complexity index is 447. The summed E-state index contributed by atoms with van der Waals surface area (Å²) in [5, 5.41) is 2.73. The number of rotatable bonds is 4. The average molecular weight is 335 g/mol. The lowest BCUT2D eigenvalue weighted by molar-refractivity contribution is 0.0911. The summed E-state index contributed by atoms with van der Waals surface area (Å²) in [6, 6.07) is 5.26. The molecule has 1 aromatic carbocycles. The van der Waals surface area contributed by atoms with Gasteiger partial charge >= 0.3 is 0 Å². The monoisotopic (exact) mass is 333 g/mol. The van der Waals surface area contributed by atoms with E-state index in [1.54, 1.807) is 25.3 Å². The molecule has 5 heteroatoms. The molecular weight excluding hydrogens is 318 g/mol. The van der Waals surface area contributed by atoms with Crippen molar-refractivity contribution < 1.29 is 9.53 Å². The summed E-state index contributed by atoms with van der Waals surface area (Å²) >= 11 is 9.40. The molecule has 100 valence electrons. The van der Waals surface area contributed by atoms with Gasteiger partial charge in [0.15, 0.2) is 0 Å². The number of carbonyl (C=O) groups excluding carboxylic acids is 1. The van der Waals surface area contributed by atoms with Crippen molar-refractivity contribution >= 4 is 33.4 Å². The van der Waals surface area contributed by atoms with Crippen LogP contribution in [0.5, 0.6) is 5.75 Å². The van der Waals surface area contributed by atoms with Gasteiger partial charge in [0.1, 0.15) is 5.75 Å². The van der Waals surface area contributed by atoms with E-state index < -0.39 is 5.54 Å². The van der Waals surface area contributed by atoms with E-state index in [1.165, 1.54) is 0 Å². The number of benzene rings is 1. The van der Waals surface area contributed by atoms with Crippen LogP contribution in [0.25, 0.3) is 0 Å². The minimum Gasteiger partial charge on any atom is -0.497 e. The maximum absolute atomic E-state index is 12.2. The third-order valence-corrected chi connectivity index (χ3v) is 4.09. The number of amides is 1. The Morgan fingerprint density at radius 3 is 2.61 bits per heavy atom. The molecule has 0 aliphatic heterocycles. The Kier molecular flexibility index (Phi) is 5.05. The topological polar surface area (TPSA) is 38.3 Å². The second-order valence-electron chi connectivity index (χ2n) is 4.64. The quantitative estimate of drug-likeness (QED) is 0.855. The second kappa shape index (κ2) is 5.93. The maximum Gasteiger partial charge on any atom is 0.253 e. The summed E-state index contributed by atoms with van der Waals surface area (Å²) in [6.45, 7) is 5.62. The first-order chi connectivity index (χ1) is 8.27. The number of methoxy groups -OCH3 is 1. The molecule has 0 aliphatic rings. The Morgan fingerprint density at radius 1 is 1.50 bits per heavy atom. The lowest BCUT2D eigenvalue weighted by atomic mass is 10.0. The van der Waals surface area contributed by atoms with Crippen LogP contribution in [0.4, 0.5) is 0 Å². The van der Waals surface area contributed by atoms with Gasteiger partial charge in [0.2, 0.25) is 0 Å². The second-order valence-corrected chi connectivity index (χ2v) is 6.15. The van der Waals surface area contributed by atoms with Crippen LogP contribution < -0.4 is 10.1 Å². The van der Waals surface area contributed by atoms with Crippen molar-refractivity contribution in [3.8, 4) is 5.75 Å². The van der Waals surface area contributed by atoms with E-state index in [1.807, 2.05) is 20.8 Å². The van der Waals surface area contributed by atoms with Gasteiger partial charge in [-0.3, -0.25) is 4.79 Å². The van der Waals surface area contributed by atoms with Crippen molar-refractivity contribution in [3.05, 3.63) is 28.2 Å². The number of hydrogen-bond donors (Lipinski definition) is 1. The summed E-state index contributed by atoms with van der Waals surface area (Å²) in [7, 11) is 1.57. The highest BCUT2D eigenvalue weighted by molar-refractivity contribution is 9.10. The zero-order valence-electron chi connectivity index (χ0n) is 10.9. The molecule has 0 spiro atoms. The Labute approximate surface area is 121 Å². The number of nitrogens with one attached hydrogen (secondary N) is 1. The van der Waals surface area contributed by atoms with E-state index in [0.717, 1.165) is 4.47 Å². The fraction of sp³-hybridized carbons (Fsp3) is 0.462. The predicted molar refractivity (Wildman–Crippen MR) is 77.6 cm³/mol. The van der Waals surface area contributed by atoms with Crippen LogP contribution in [0.15, 0.2) is 22.7 Å². The third kappa shape index (κ3) is 3.62. The smallest absolute Gasteiger partial charge is 0.253 e. The molecule has 0 aromatic heterocycles. The summed E-state index contributed by atoms with van der Waals surface area (Å²) < 4.78 is 5.83. The van der Waals surface area contributed by atoms with E-state index in [2.05, 4.69) is 21.2 Å². The van der Waals surface area contributed by atoms with E-state index in [9.17, 15) is 4.79 Å². The van der Waals surface area contributed by atoms with Crippen LogP contribution in [0, 0.1) is 0 Å². The Morgan fingerprint density at radius 2 is 2.11 bits per heavy atom. The van der Waals surface area contributed by atoms with Crippen molar-refractivity contribution in [2.45, 2.75) is 31.7 Å². The van der Waals surface area contributed by atoms with Crippen molar-refractivity contribution in [1.82, 2.24) is 5.32 Å². The van der Waals surface area contributed by atoms with E-state index in [0.29, 0.717) is 11.3 Å². The van der Waals surface area contributed by atoms with Crippen LogP contribution in [0.3, 0.4) is 0 Å². The fourth-order valence-corrected chi connectivity index (χ4v) is 1.75. The lowest BCUT2D eigenvalue weighted by Crippen LogP contribution is -2.49. The lowest BCUT2D eigenvalue weighted by Gasteiger charge is -2.29. The number of hydrogen-bond acceptors (Lipinski definition) is 2. The molecule has 1 atom stereocenters. The zero-order chi connectivity index (χ0) is 13.9. The zero-order valence-corrected chi connectivity index (χ0v) is 13.2. The van der Waals surface area contributed by atoms with Gasteiger partial charge in [-0.05, 0) is 54.9 Å². The first kappa shape index (κ1) is 15.3. The van der Waals surface area contributed by atoms with Gasteiger partial charge < -0.3 is 10.1 Å². The maximum atomic E-state index is 12.2. The normalized spacial score (nSPS) is 13.0. The predicted octanol–water partition coefficient (Wildman–Crippen LogP) is 3.59. The van der Waals surface area contributed by atoms with E-state index in [-0.39, 0.29) is 11.3 Å². The highest BCUT2D eigenvalue weighted by Crippen LogP contribution is 2.24. The van der Waals surface area contributed by atoms with Crippen LogP contribution >= 0.6 is 27.5 Å². The van der Waals surface area contributed by atoms with Gasteiger partial charge in [-0.2, -0.15) is 0 Å². The van der Waals surface area contributed by atoms with Crippen molar-refractivity contribution in [2.75, 3.05) is 7.11 Å². The molecule has 0 radical (unpaired) electrons. The summed E-state index contributed by atoms with van der Waals surface area (Å²) in [4.78, 5) is 12.2. The molecule has 1 unspecified atom stereocenters. The van der Waals surface area contributed by atoms with Gasteiger partial charge in [0.05, 0.1) is 23.6 Å². The molecule has 1 amide bonds. The van der Waals surface area contributed by atoms with Gasteiger partial charge in [0, 0.05) is 4.47 Å². The van der Waals surface area contributed by atoms with Crippen LogP contribution in [-0.2, 0) is 0 Å². The van der Waals surface area contributed by atoms with Crippen LogP contribution in [0.1, 0.15) is 31.1 Å². The molecule has 1 aromatic rings. The average Bonchev–Trinajstić information content (AvgIpc) is 2.28. The molecule has 0 saturated heterocycles.